The van der Waals surface area contributed by atoms with Crippen LogP contribution in [0.3, 0.4) is 0 Å². The third-order valence-electron chi connectivity index (χ3n) is 6.73. The Bertz CT molecular complexity index is 1420. The molecule has 0 radical (unpaired) electrons. The van der Waals surface area contributed by atoms with Gasteiger partial charge < -0.3 is 20.5 Å². The second-order valence-electron chi connectivity index (χ2n) is 9.76. The zero-order valence-corrected chi connectivity index (χ0v) is 21.9. The van der Waals surface area contributed by atoms with Crippen molar-refractivity contribution in [3.63, 3.8) is 0 Å². The summed E-state index contributed by atoms with van der Waals surface area (Å²) < 4.78 is 2.00. The van der Waals surface area contributed by atoms with E-state index in [0.717, 1.165) is 72.9 Å². The van der Waals surface area contributed by atoms with Gasteiger partial charge in [-0.3, -0.25) is 14.6 Å². The molecule has 0 fully saturated rings. The molecule has 1 amide bonds. The molecule has 2 aromatic carbocycles. The number of aryl methyl sites for hydroxylation is 3. The summed E-state index contributed by atoms with van der Waals surface area (Å²) >= 11 is 0. The summed E-state index contributed by atoms with van der Waals surface area (Å²) in [6.45, 7) is 7.10. The second-order valence-corrected chi connectivity index (χ2v) is 9.76. The number of carbonyl (C=O) groups excluding carboxylic acids is 2. The van der Waals surface area contributed by atoms with Gasteiger partial charge in [-0.05, 0) is 80.3 Å². The molecule has 0 bridgehead atoms. The van der Waals surface area contributed by atoms with E-state index in [1.807, 2.05) is 54.0 Å². The van der Waals surface area contributed by atoms with E-state index < -0.39 is 11.7 Å². The van der Waals surface area contributed by atoms with E-state index in [-0.39, 0.29) is 0 Å². The van der Waals surface area contributed by atoms with Gasteiger partial charge in [0.1, 0.15) is 5.69 Å². The Balaban J connectivity index is 1.16. The first-order valence-corrected chi connectivity index (χ1v) is 13.1. The maximum atomic E-state index is 13.3. The number of nitrogens with one attached hydrogen (secondary N) is 3. The van der Waals surface area contributed by atoms with Gasteiger partial charge >= 0.3 is 0 Å². The summed E-state index contributed by atoms with van der Waals surface area (Å²) in [6.07, 6.45) is 1.90. The number of anilines is 2. The number of nitrogens with zero attached hydrogens (tertiary/aromatic N) is 2. The van der Waals surface area contributed by atoms with Crippen LogP contribution < -0.4 is 16.0 Å². The molecular weight excluding hydrogens is 474 g/mol. The van der Waals surface area contributed by atoms with Crippen LogP contribution in [0.1, 0.15) is 39.6 Å². The number of Topliss-reactive ketones (excluding diaryl/α,β-unsaturated/α-hetero) is 1. The number of hydrogen-bond acceptors (Lipinski definition) is 5. The fourth-order valence-corrected chi connectivity index (χ4v) is 5.06. The van der Waals surface area contributed by atoms with Gasteiger partial charge in [-0.15, -0.1) is 0 Å². The van der Waals surface area contributed by atoms with E-state index in [9.17, 15) is 9.59 Å². The molecule has 3 heterocycles. The number of carbonyl (C=O) groups is 2. The van der Waals surface area contributed by atoms with Crippen molar-refractivity contribution < 1.29 is 9.59 Å². The van der Waals surface area contributed by atoms with E-state index >= 15 is 0 Å². The Kier molecular flexibility index (Phi) is 7.65. The van der Waals surface area contributed by atoms with Crippen LogP contribution in [0.2, 0.25) is 0 Å². The maximum absolute atomic E-state index is 13.3. The predicted molar refractivity (Wildman–Crippen MR) is 151 cm³/mol. The molecule has 0 spiro atoms. The molecule has 3 N–H and O–H groups in total. The van der Waals surface area contributed by atoms with Gasteiger partial charge in [0.15, 0.2) is 0 Å². The fourth-order valence-electron chi connectivity index (χ4n) is 5.06. The van der Waals surface area contributed by atoms with Crippen LogP contribution in [0, 0.1) is 13.8 Å². The Morgan fingerprint density at radius 3 is 2.45 bits per heavy atom. The first-order chi connectivity index (χ1) is 18.5. The monoisotopic (exact) mass is 507 g/mol. The van der Waals surface area contributed by atoms with Crippen molar-refractivity contribution in [2.45, 2.75) is 39.8 Å². The molecule has 2 aromatic heterocycles. The Labute approximate surface area is 223 Å². The van der Waals surface area contributed by atoms with E-state index in [1.54, 1.807) is 12.1 Å². The van der Waals surface area contributed by atoms with Crippen molar-refractivity contribution in [3.8, 4) is 11.1 Å². The summed E-state index contributed by atoms with van der Waals surface area (Å²) in [5.74, 6) is -1.14. The molecule has 1 aliphatic heterocycles. The quantitative estimate of drug-likeness (QED) is 0.157. The van der Waals surface area contributed by atoms with E-state index in [2.05, 4.69) is 46.1 Å². The van der Waals surface area contributed by atoms with Crippen molar-refractivity contribution >= 4 is 23.1 Å². The topological polar surface area (TPSA) is 88.1 Å². The van der Waals surface area contributed by atoms with Crippen LogP contribution >= 0.6 is 0 Å². The van der Waals surface area contributed by atoms with E-state index in [4.69, 9.17) is 0 Å². The number of aromatic nitrogens is 2. The van der Waals surface area contributed by atoms with Crippen LogP contribution in [0.15, 0.2) is 72.8 Å². The number of fused-ring (bicyclic) bond motifs is 1. The molecule has 0 atom stereocenters. The number of rotatable bonds is 10. The van der Waals surface area contributed by atoms with Crippen LogP contribution in [0.4, 0.5) is 11.4 Å². The Morgan fingerprint density at radius 2 is 1.68 bits per heavy atom. The molecule has 7 nitrogen and oxygen atoms in total. The molecule has 5 rings (SSSR count). The summed E-state index contributed by atoms with van der Waals surface area (Å²) in [5, 5.41) is 9.55. The lowest BCUT2D eigenvalue weighted by Crippen LogP contribution is -2.25. The van der Waals surface area contributed by atoms with Gasteiger partial charge in [-0.25, -0.2) is 0 Å². The number of ketones is 1. The number of amides is 1. The lowest BCUT2D eigenvalue weighted by atomic mass is 10.0. The van der Waals surface area contributed by atoms with Crippen molar-refractivity contribution in [2.24, 2.45) is 0 Å². The number of benzene rings is 2. The third kappa shape index (κ3) is 5.84. The van der Waals surface area contributed by atoms with Crippen molar-refractivity contribution in [1.29, 1.82) is 0 Å². The average molecular weight is 508 g/mol. The minimum Gasteiger partial charge on any atom is -0.384 e. The maximum Gasteiger partial charge on any atom is 0.298 e. The summed E-state index contributed by atoms with van der Waals surface area (Å²) in [6, 6.07) is 23.4. The molecule has 4 aromatic rings. The normalized spacial score (nSPS) is 12.3. The highest BCUT2D eigenvalue weighted by Gasteiger charge is 2.28. The van der Waals surface area contributed by atoms with E-state index in [1.165, 1.54) is 5.56 Å². The first kappa shape index (κ1) is 25.4. The van der Waals surface area contributed by atoms with Gasteiger partial charge in [0.05, 0.1) is 5.69 Å². The standard InChI is InChI=1S/C31H33N5O2/c1-21-17-22(2)34-26(18-21)20-32-14-15-33-24-10-12-25(13-11-24)35-31(38)30(37)29-28(23-7-4-3-5-8-23)19-27-9-6-16-36(27)29/h3-5,7-8,10-13,17-19,32-33H,6,9,14-16,20H2,1-2H3,(H,35,38). The van der Waals surface area contributed by atoms with Crippen molar-refractivity contribution in [2.75, 3.05) is 23.7 Å². The van der Waals surface area contributed by atoms with Crippen LogP contribution in [0.25, 0.3) is 11.1 Å². The van der Waals surface area contributed by atoms with Crippen LogP contribution in [-0.2, 0) is 24.3 Å². The molecule has 0 aliphatic carbocycles. The second kappa shape index (κ2) is 11.4. The molecule has 38 heavy (non-hydrogen) atoms. The smallest absolute Gasteiger partial charge is 0.298 e. The minimum absolute atomic E-state index is 0.475. The van der Waals surface area contributed by atoms with Crippen LogP contribution in [-0.4, -0.2) is 34.3 Å². The molecule has 1 aliphatic rings. The fraction of sp³-hybridized carbons (Fsp3) is 0.258. The molecule has 0 unspecified atom stereocenters. The van der Waals surface area contributed by atoms with Crippen molar-refractivity contribution in [1.82, 2.24) is 14.9 Å². The van der Waals surface area contributed by atoms with Crippen LogP contribution in [0.5, 0.6) is 0 Å². The molecule has 0 saturated carbocycles. The van der Waals surface area contributed by atoms with Gasteiger partial charge in [0.2, 0.25) is 0 Å². The lowest BCUT2D eigenvalue weighted by molar-refractivity contribution is -0.112. The number of pyridine rings is 1. The summed E-state index contributed by atoms with van der Waals surface area (Å²) in [5.41, 5.74) is 8.16. The SMILES string of the molecule is Cc1cc(C)nc(CNCCNc2ccc(NC(=O)C(=O)c3c(-c4ccccc4)cc4n3CCC4)cc2)c1. The lowest BCUT2D eigenvalue weighted by Gasteiger charge is -2.11. The molecule has 7 heteroatoms. The predicted octanol–water partition coefficient (Wildman–Crippen LogP) is 5.14. The van der Waals surface area contributed by atoms with E-state index in [0.29, 0.717) is 11.4 Å². The Hall–Kier alpha value is -4.23. The van der Waals surface area contributed by atoms with Gasteiger partial charge in [-0.2, -0.15) is 0 Å². The Morgan fingerprint density at radius 1 is 0.921 bits per heavy atom. The molecule has 0 saturated heterocycles. The minimum atomic E-state index is -0.625. The van der Waals surface area contributed by atoms with Gasteiger partial charge in [-0.1, -0.05) is 30.3 Å². The third-order valence-corrected chi connectivity index (χ3v) is 6.73. The average Bonchev–Trinajstić information content (AvgIpc) is 3.51. The zero-order valence-electron chi connectivity index (χ0n) is 21.9. The highest BCUT2D eigenvalue weighted by Crippen LogP contribution is 2.32. The van der Waals surface area contributed by atoms with Crippen molar-refractivity contribution in [3.05, 3.63) is 101 Å². The largest absolute Gasteiger partial charge is 0.384 e. The van der Waals surface area contributed by atoms with Gasteiger partial charge in [0.25, 0.3) is 11.7 Å². The summed E-state index contributed by atoms with van der Waals surface area (Å²) in [7, 11) is 0. The first-order valence-electron chi connectivity index (χ1n) is 13.1. The zero-order chi connectivity index (χ0) is 26.5. The highest BCUT2D eigenvalue weighted by atomic mass is 16.2. The number of hydrogen-bond donors (Lipinski definition) is 3. The summed E-state index contributed by atoms with van der Waals surface area (Å²) in [4.78, 5) is 30.8. The molecular formula is C31H33N5O2. The molecule has 194 valence electrons. The van der Waals surface area contributed by atoms with Gasteiger partial charge in [0, 0.05) is 54.5 Å². The highest BCUT2D eigenvalue weighted by molar-refractivity contribution is 6.47.